The predicted molar refractivity (Wildman–Crippen MR) is 77.4 cm³/mol. The zero-order valence-electron chi connectivity index (χ0n) is 10.9. The molecule has 4 heteroatoms. The van der Waals surface area contributed by atoms with E-state index >= 15 is 0 Å². The lowest BCUT2D eigenvalue weighted by Gasteiger charge is -2.21. The van der Waals surface area contributed by atoms with Gasteiger partial charge in [-0.3, -0.25) is 0 Å². The maximum atomic E-state index is 5.91. The molecule has 0 spiro atoms. The summed E-state index contributed by atoms with van der Waals surface area (Å²) in [5.41, 5.74) is 1.01. The molecule has 1 aliphatic carbocycles. The van der Waals surface area contributed by atoms with Crippen LogP contribution in [0.2, 0.25) is 0 Å². The number of nitrogens with zero attached hydrogens (tertiary/aromatic N) is 1. The van der Waals surface area contributed by atoms with Gasteiger partial charge in [0, 0.05) is 12.0 Å². The van der Waals surface area contributed by atoms with Gasteiger partial charge in [0.1, 0.15) is 0 Å². The number of hydrogen-bond acceptors (Lipinski definition) is 3. The number of aryl methyl sites for hydroxylation is 1. The fourth-order valence-corrected chi connectivity index (χ4v) is 3.45. The third-order valence-electron chi connectivity index (χ3n) is 3.43. The molecule has 1 aromatic heterocycles. The van der Waals surface area contributed by atoms with E-state index in [1.54, 1.807) is 11.3 Å². The highest BCUT2D eigenvalue weighted by Crippen LogP contribution is 2.20. The number of thiazole rings is 1. The van der Waals surface area contributed by atoms with Crippen molar-refractivity contribution in [1.29, 1.82) is 0 Å². The monoisotopic (exact) mass is 287 g/mol. The summed E-state index contributed by atoms with van der Waals surface area (Å²) >= 11 is 7.46. The molecule has 2 nitrogen and oxygen atoms in total. The Morgan fingerprint density at radius 2 is 2.11 bits per heavy atom. The quantitative estimate of drug-likeness (QED) is 0.542. The molecule has 0 radical (unpaired) electrons. The fraction of sp³-hybridized carbons (Fsp3) is 0.786. The van der Waals surface area contributed by atoms with Crippen LogP contribution in [0.3, 0.4) is 0 Å². The van der Waals surface area contributed by atoms with Gasteiger partial charge < -0.3 is 4.74 Å². The number of unbranched alkanes of at least 4 members (excludes halogenated alkanes) is 1. The topological polar surface area (TPSA) is 22.1 Å². The second kappa shape index (κ2) is 8.13. The summed E-state index contributed by atoms with van der Waals surface area (Å²) in [5.74, 6) is 0.529. The summed E-state index contributed by atoms with van der Waals surface area (Å²) in [5, 5.41) is 3.27. The van der Waals surface area contributed by atoms with Crippen molar-refractivity contribution in [3.63, 3.8) is 0 Å². The third kappa shape index (κ3) is 4.87. The molecule has 0 bridgehead atoms. The van der Waals surface area contributed by atoms with E-state index in [-0.39, 0.29) is 0 Å². The number of aromatic nitrogens is 1. The average Bonchev–Trinajstić information content (AvgIpc) is 2.87. The summed E-state index contributed by atoms with van der Waals surface area (Å²) in [6.07, 6.45) is 10.6. The van der Waals surface area contributed by atoms with Crippen molar-refractivity contribution >= 4 is 22.9 Å². The molecule has 1 saturated carbocycles. The molecule has 2 rings (SSSR count). The first-order valence-electron chi connectivity index (χ1n) is 6.99. The zero-order chi connectivity index (χ0) is 12.6. The number of ether oxygens (including phenoxy) is 1. The summed E-state index contributed by atoms with van der Waals surface area (Å²) in [7, 11) is 0. The summed E-state index contributed by atoms with van der Waals surface area (Å²) in [6.45, 7) is 0.915. The molecule has 18 heavy (non-hydrogen) atoms. The van der Waals surface area contributed by atoms with Gasteiger partial charge in [-0.1, -0.05) is 19.3 Å². The van der Waals surface area contributed by atoms with Crippen LogP contribution in [0, 0.1) is 0 Å². The average molecular weight is 288 g/mol. The van der Waals surface area contributed by atoms with Gasteiger partial charge in [-0.2, -0.15) is 0 Å². The number of rotatable bonds is 7. The van der Waals surface area contributed by atoms with Crippen molar-refractivity contribution in [3.05, 3.63) is 16.1 Å². The highest BCUT2D eigenvalue weighted by atomic mass is 35.5. The van der Waals surface area contributed by atoms with Crippen LogP contribution in [0.1, 0.15) is 55.6 Å². The van der Waals surface area contributed by atoms with E-state index in [1.165, 1.54) is 43.5 Å². The Morgan fingerprint density at radius 3 is 2.83 bits per heavy atom. The van der Waals surface area contributed by atoms with E-state index in [2.05, 4.69) is 10.4 Å². The smallest absolute Gasteiger partial charge is 0.0928 e. The molecule has 1 aromatic rings. The minimum absolute atomic E-state index is 0.529. The lowest BCUT2D eigenvalue weighted by atomic mass is 9.98. The van der Waals surface area contributed by atoms with Crippen molar-refractivity contribution in [2.24, 2.45) is 0 Å². The van der Waals surface area contributed by atoms with Crippen LogP contribution in [-0.2, 0) is 17.0 Å². The van der Waals surface area contributed by atoms with E-state index in [1.807, 2.05) is 0 Å². The minimum atomic E-state index is 0.529. The molecule has 0 amide bonds. The van der Waals surface area contributed by atoms with Crippen molar-refractivity contribution in [1.82, 2.24) is 4.98 Å². The maximum Gasteiger partial charge on any atom is 0.0928 e. The standard InChI is InChI=1S/C14H22ClNOS/c15-10-12-11-18-14(16-12)8-4-5-9-17-13-6-2-1-3-7-13/h11,13H,1-10H2. The second-order valence-corrected chi connectivity index (χ2v) is 6.16. The van der Waals surface area contributed by atoms with E-state index in [0.29, 0.717) is 12.0 Å². The molecule has 0 aromatic carbocycles. The van der Waals surface area contributed by atoms with Gasteiger partial charge in [0.05, 0.1) is 22.7 Å². The molecule has 1 heterocycles. The summed E-state index contributed by atoms with van der Waals surface area (Å²) in [4.78, 5) is 4.46. The number of alkyl halides is 1. The van der Waals surface area contributed by atoms with Crippen LogP contribution in [0.4, 0.5) is 0 Å². The van der Waals surface area contributed by atoms with Crippen molar-refractivity contribution in [2.45, 2.75) is 63.4 Å². The fourth-order valence-electron chi connectivity index (χ4n) is 2.39. The maximum absolute atomic E-state index is 5.91. The van der Waals surface area contributed by atoms with Crippen LogP contribution >= 0.6 is 22.9 Å². The van der Waals surface area contributed by atoms with Gasteiger partial charge in [0.25, 0.3) is 0 Å². The second-order valence-electron chi connectivity index (χ2n) is 4.95. The van der Waals surface area contributed by atoms with E-state index < -0.39 is 0 Å². The molecule has 1 aliphatic rings. The van der Waals surface area contributed by atoms with Crippen molar-refractivity contribution < 1.29 is 4.74 Å². The van der Waals surface area contributed by atoms with Gasteiger partial charge >= 0.3 is 0 Å². The Kier molecular flexibility index (Phi) is 6.46. The van der Waals surface area contributed by atoms with Crippen LogP contribution in [0.5, 0.6) is 0 Å². The molecule has 0 aliphatic heterocycles. The first-order chi connectivity index (χ1) is 8.88. The zero-order valence-corrected chi connectivity index (χ0v) is 12.4. The molecule has 0 N–H and O–H groups in total. The van der Waals surface area contributed by atoms with Crippen LogP contribution in [-0.4, -0.2) is 17.7 Å². The highest BCUT2D eigenvalue weighted by Gasteiger charge is 2.12. The first kappa shape index (κ1) is 14.3. The molecule has 1 fully saturated rings. The van der Waals surface area contributed by atoms with Crippen molar-refractivity contribution in [3.8, 4) is 0 Å². The summed E-state index contributed by atoms with van der Waals surface area (Å²) in [6, 6.07) is 0. The number of halogens is 1. The minimum Gasteiger partial charge on any atom is -0.378 e. The van der Waals surface area contributed by atoms with Crippen LogP contribution in [0.15, 0.2) is 5.38 Å². The van der Waals surface area contributed by atoms with Gasteiger partial charge in [-0.15, -0.1) is 22.9 Å². The van der Waals surface area contributed by atoms with Crippen LogP contribution < -0.4 is 0 Å². The predicted octanol–water partition coefficient (Wildman–Crippen LogP) is 4.55. The molecule has 0 atom stereocenters. The summed E-state index contributed by atoms with van der Waals surface area (Å²) < 4.78 is 5.91. The molecular formula is C14H22ClNOS. The third-order valence-corrected chi connectivity index (χ3v) is 4.66. The first-order valence-corrected chi connectivity index (χ1v) is 8.41. The Hall–Kier alpha value is -0.120. The number of hydrogen-bond donors (Lipinski definition) is 0. The molecule has 0 unspecified atom stereocenters. The van der Waals surface area contributed by atoms with Gasteiger partial charge in [0.15, 0.2) is 0 Å². The highest BCUT2D eigenvalue weighted by molar-refractivity contribution is 7.09. The molecule has 102 valence electrons. The largest absolute Gasteiger partial charge is 0.378 e. The Bertz CT molecular complexity index is 336. The van der Waals surface area contributed by atoms with Gasteiger partial charge in [0.2, 0.25) is 0 Å². The van der Waals surface area contributed by atoms with E-state index in [4.69, 9.17) is 16.3 Å². The molecular weight excluding hydrogens is 266 g/mol. The van der Waals surface area contributed by atoms with Gasteiger partial charge in [-0.25, -0.2) is 4.98 Å². The lowest BCUT2D eigenvalue weighted by molar-refractivity contribution is 0.0265. The Balaban J connectivity index is 1.52. The van der Waals surface area contributed by atoms with E-state index in [9.17, 15) is 0 Å². The Labute approximate surface area is 119 Å². The Morgan fingerprint density at radius 1 is 1.28 bits per heavy atom. The normalized spacial score (nSPS) is 17.2. The van der Waals surface area contributed by atoms with E-state index in [0.717, 1.165) is 25.1 Å². The van der Waals surface area contributed by atoms with Gasteiger partial charge in [-0.05, 0) is 32.1 Å². The van der Waals surface area contributed by atoms with Crippen LogP contribution in [0.25, 0.3) is 0 Å². The van der Waals surface area contributed by atoms with Crippen molar-refractivity contribution in [2.75, 3.05) is 6.61 Å². The lowest BCUT2D eigenvalue weighted by Crippen LogP contribution is -2.17. The SMILES string of the molecule is ClCc1csc(CCCCOC2CCCCC2)n1. The molecule has 0 saturated heterocycles.